The molecule has 14 rings (SSSR count). The molecule has 0 amide bonds. The van der Waals surface area contributed by atoms with E-state index in [1.165, 1.54) is 111 Å². The predicted octanol–water partition coefficient (Wildman–Crippen LogP) is 14.5. The van der Waals surface area contributed by atoms with E-state index in [4.69, 9.17) is 4.74 Å². The third-order valence-electron chi connectivity index (χ3n) is 14.1. The predicted molar refractivity (Wildman–Crippen MR) is 241 cm³/mol. The summed E-state index contributed by atoms with van der Waals surface area (Å²) in [6.45, 7) is 0. The van der Waals surface area contributed by atoms with Gasteiger partial charge in [0.1, 0.15) is 11.5 Å². The van der Waals surface area contributed by atoms with Crippen molar-refractivity contribution in [2.24, 2.45) is 0 Å². The van der Waals surface area contributed by atoms with Crippen molar-refractivity contribution < 1.29 is 4.74 Å². The SMILES string of the molecule is c1ccc2c(c1)-c1ccccc1C21c2cc(-c3cccc4c3-c3ccccc3C43c4ccccc4-c4ccc5ccccc5c43)ccc2Oc2cc3ccccc3cc21. The summed E-state index contributed by atoms with van der Waals surface area (Å²) in [5.74, 6) is 1.82. The maximum atomic E-state index is 7.04. The first kappa shape index (κ1) is 31.6. The molecule has 59 heavy (non-hydrogen) atoms. The Morgan fingerprint density at radius 2 is 0.814 bits per heavy atom. The molecule has 0 saturated heterocycles. The van der Waals surface area contributed by atoms with Gasteiger partial charge in [0.05, 0.1) is 10.8 Å². The lowest BCUT2D eigenvalue weighted by atomic mass is 9.65. The first-order chi connectivity index (χ1) is 29.3. The van der Waals surface area contributed by atoms with Gasteiger partial charge < -0.3 is 4.74 Å². The van der Waals surface area contributed by atoms with Crippen LogP contribution in [0, 0.1) is 0 Å². The van der Waals surface area contributed by atoms with Crippen LogP contribution in [0.1, 0.15) is 44.5 Å². The summed E-state index contributed by atoms with van der Waals surface area (Å²) in [4.78, 5) is 0. The molecule has 0 bridgehead atoms. The first-order valence-electron chi connectivity index (χ1n) is 20.7. The van der Waals surface area contributed by atoms with Crippen LogP contribution in [0.25, 0.3) is 66.1 Å². The zero-order valence-corrected chi connectivity index (χ0v) is 32.0. The molecule has 0 aromatic heterocycles. The lowest BCUT2D eigenvalue weighted by Gasteiger charge is -2.40. The Hall–Kier alpha value is -7.48. The van der Waals surface area contributed by atoms with E-state index >= 15 is 0 Å². The van der Waals surface area contributed by atoms with Crippen LogP contribution in [0.2, 0.25) is 0 Å². The molecule has 2 spiro atoms. The van der Waals surface area contributed by atoms with Crippen LogP contribution in [0.4, 0.5) is 0 Å². The Kier molecular flexibility index (Phi) is 5.96. The maximum Gasteiger partial charge on any atom is 0.132 e. The Morgan fingerprint density at radius 3 is 1.54 bits per heavy atom. The highest BCUT2D eigenvalue weighted by molar-refractivity contribution is 6.06. The van der Waals surface area contributed by atoms with Crippen molar-refractivity contribution in [1.82, 2.24) is 0 Å². The summed E-state index contributed by atoms with van der Waals surface area (Å²) in [5, 5.41) is 4.97. The number of hydrogen-bond donors (Lipinski definition) is 0. The quantitative estimate of drug-likeness (QED) is 0.163. The van der Waals surface area contributed by atoms with Gasteiger partial charge in [-0.2, -0.15) is 0 Å². The Bertz CT molecular complexity index is 3450. The number of hydrogen-bond acceptors (Lipinski definition) is 1. The molecule has 1 aliphatic heterocycles. The third kappa shape index (κ3) is 3.73. The molecule has 3 aliphatic carbocycles. The van der Waals surface area contributed by atoms with Crippen molar-refractivity contribution in [3.8, 4) is 56.0 Å². The van der Waals surface area contributed by atoms with Crippen LogP contribution >= 0.6 is 0 Å². The van der Waals surface area contributed by atoms with Gasteiger partial charge in [0, 0.05) is 11.1 Å². The normalized spacial score (nSPS) is 16.5. The lowest BCUT2D eigenvalue weighted by molar-refractivity contribution is 0.437. The van der Waals surface area contributed by atoms with Gasteiger partial charge in [-0.3, -0.25) is 0 Å². The molecule has 4 aliphatic rings. The molecular weight excluding hydrogens is 713 g/mol. The van der Waals surface area contributed by atoms with Crippen molar-refractivity contribution in [1.29, 1.82) is 0 Å². The summed E-state index contributed by atoms with van der Waals surface area (Å²) in [7, 11) is 0. The van der Waals surface area contributed by atoms with E-state index in [2.05, 4.69) is 206 Å². The molecule has 10 aromatic carbocycles. The second kappa shape index (κ2) is 11.1. The zero-order chi connectivity index (χ0) is 38.5. The van der Waals surface area contributed by atoms with Gasteiger partial charge in [-0.1, -0.05) is 182 Å². The van der Waals surface area contributed by atoms with Gasteiger partial charge >= 0.3 is 0 Å². The van der Waals surface area contributed by atoms with E-state index in [9.17, 15) is 0 Å². The minimum absolute atomic E-state index is 0.462. The molecule has 0 fully saturated rings. The van der Waals surface area contributed by atoms with Gasteiger partial charge in [-0.15, -0.1) is 0 Å². The smallest absolute Gasteiger partial charge is 0.132 e. The van der Waals surface area contributed by atoms with E-state index in [0.29, 0.717) is 0 Å². The minimum atomic E-state index is -0.574. The minimum Gasteiger partial charge on any atom is -0.457 e. The molecule has 0 radical (unpaired) electrons. The van der Waals surface area contributed by atoms with Crippen LogP contribution in [-0.4, -0.2) is 0 Å². The lowest BCUT2D eigenvalue weighted by Crippen LogP contribution is -2.32. The molecule has 1 atom stereocenters. The molecule has 0 N–H and O–H groups in total. The highest BCUT2D eigenvalue weighted by Crippen LogP contribution is 2.66. The molecular formula is C58H34O. The molecule has 272 valence electrons. The fourth-order valence-corrected chi connectivity index (χ4v) is 12.0. The summed E-state index contributed by atoms with van der Waals surface area (Å²) in [6.07, 6.45) is 0. The molecule has 0 saturated carbocycles. The van der Waals surface area contributed by atoms with E-state index in [1.54, 1.807) is 0 Å². The van der Waals surface area contributed by atoms with E-state index in [-0.39, 0.29) is 0 Å². The van der Waals surface area contributed by atoms with Gasteiger partial charge in [0.2, 0.25) is 0 Å². The average Bonchev–Trinajstić information content (AvgIpc) is 3.89. The van der Waals surface area contributed by atoms with Crippen LogP contribution in [0.15, 0.2) is 206 Å². The largest absolute Gasteiger partial charge is 0.457 e. The molecule has 1 unspecified atom stereocenters. The standard InChI is InChI=1S/C58H34O/c1-2-16-37-34-54-52(32-36(37)15-1)57(46-23-9-5-18-41(46)42-19-6-10-24-47(42)57)51-33-38(29-31-53(51)59-54)39-22-13-27-50-55(39)45-21-8-12-26-49(45)58(50)48-25-11-7-20-43(48)44-30-28-35-14-3-4-17-40(35)56(44)58/h1-34H. The number of rotatable bonds is 1. The number of benzene rings is 10. The Balaban J connectivity index is 1.08. The second-order valence-corrected chi connectivity index (χ2v) is 16.6. The van der Waals surface area contributed by atoms with E-state index in [1.807, 2.05) is 0 Å². The summed E-state index contributed by atoms with van der Waals surface area (Å²) in [5.41, 5.74) is 19.6. The highest BCUT2D eigenvalue weighted by Gasteiger charge is 2.54. The van der Waals surface area contributed by atoms with Crippen molar-refractivity contribution in [2.75, 3.05) is 0 Å². The first-order valence-corrected chi connectivity index (χ1v) is 20.7. The maximum absolute atomic E-state index is 7.04. The fraction of sp³-hybridized carbons (Fsp3) is 0.0345. The van der Waals surface area contributed by atoms with Gasteiger partial charge in [-0.25, -0.2) is 0 Å². The topological polar surface area (TPSA) is 9.23 Å². The van der Waals surface area contributed by atoms with E-state index < -0.39 is 10.8 Å². The fourth-order valence-electron chi connectivity index (χ4n) is 12.0. The second-order valence-electron chi connectivity index (χ2n) is 16.6. The molecule has 10 aromatic rings. The molecule has 1 heteroatoms. The van der Waals surface area contributed by atoms with Crippen LogP contribution in [0.3, 0.4) is 0 Å². The van der Waals surface area contributed by atoms with Crippen molar-refractivity contribution >= 4 is 21.5 Å². The van der Waals surface area contributed by atoms with Crippen LogP contribution in [0.5, 0.6) is 11.5 Å². The van der Waals surface area contributed by atoms with Crippen LogP contribution in [-0.2, 0) is 10.8 Å². The third-order valence-corrected chi connectivity index (χ3v) is 14.1. The van der Waals surface area contributed by atoms with E-state index in [0.717, 1.165) is 11.5 Å². The van der Waals surface area contributed by atoms with Crippen molar-refractivity contribution in [2.45, 2.75) is 10.8 Å². The average molecular weight is 747 g/mol. The van der Waals surface area contributed by atoms with Crippen LogP contribution < -0.4 is 4.74 Å². The summed E-state index contributed by atoms with van der Waals surface area (Å²) < 4.78 is 7.04. The summed E-state index contributed by atoms with van der Waals surface area (Å²) >= 11 is 0. The Morgan fingerprint density at radius 1 is 0.288 bits per heavy atom. The van der Waals surface area contributed by atoms with Crippen molar-refractivity contribution in [3.05, 3.63) is 251 Å². The zero-order valence-electron chi connectivity index (χ0n) is 32.0. The summed E-state index contributed by atoms with van der Waals surface area (Å²) in [6, 6.07) is 77.2. The van der Waals surface area contributed by atoms with Gasteiger partial charge in [-0.05, 0) is 124 Å². The molecule has 1 nitrogen and oxygen atoms in total. The highest BCUT2D eigenvalue weighted by atomic mass is 16.5. The molecule has 1 heterocycles. The van der Waals surface area contributed by atoms with Gasteiger partial charge in [0.25, 0.3) is 0 Å². The number of fused-ring (bicyclic) bond motifs is 22. The van der Waals surface area contributed by atoms with Gasteiger partial charge in [0.15, 0.2) is 0 Å². The monoisotopic (exact) mass is 746 g/mol. The Labute approximate surface area is 342 Å². The number of ether oxygens (including phenoxy) is 1. The van der Waals surface area contributed by atoms with Crippen molar-refractivity contribution in [3.63, 3.8) is 0 Å².